The zero-order chi connectivity index (χ0) is 21.7. The number of hydrogen-bond donors (Lipinski definition) is 5. The maximum absolute atomic E-state index is 12.1. The second-order valence-electron chi connectivity index (χ2n) is 7.86. The van der Waals surface area contributed by atoms with Gasteiger partial charge in [-0.15, -0.1) is 0 Å². The van der Waals surface area contributed by atoms with E-state index >= 15 is 0 Å². The average molecular weight is 435 g/mol. The minimum atomic E-state index is -2.62. The summed E-state index contributed by atoms with van der Waals surface area (Å²) < 4.78 is 17.6. The quantitative estimate of drug-likeness (QED) is 0.396. The van der Waals surface area contributed by atoms with E-state index in [2.05, 4.69) is 36.0 Å². The number of anilines is 3. The van der Waals surface area contributed by atoms with E-state index in [0.29, 0.717) is 17.3 Å². The summed E-state index contributed by atoms with van der Waals surface area (Å²) in [6, 6.07) is 5.61. The van der Waals surface area contributed by atoms with Crippen LogP contribution < -0.4 is 20.8 Å². The molecule has 1 aliphatic carbocycles. The third-order valence-electron chi connectivity index (χ3n) is 4.89. The van der Waals surface area contributed by atoms with E-state index in [4.69, 9.17) is 4.74 Å². The maximum atomic E-state index is 12.1. The van der Waals surface area contributed by atoms with Gasteiger partial charge in [0.15, 0.2) is 5.82 Å². The Kier molecular flexibility index (Phi) is 6.99. The number of rotatable bonds is 8. The third kappa shape index (κ3) is 6.21. The van der Waals surface area contributed by atoms with E-state index < -0.39 is 7.44 Å². The van der Waals surface area contributed by atoms with Crippen molar-refractivity contribution in [3.05, 3.63) is 30.1 Å². The van der Waals surface area contributed by atoms with Crippen LogP contribution in [0.2, 0.25) is 0 Å². The lowest BCUT2D eigenvalue weighted by atomic mass is 10.0. The van der Waals surface area contributed by atoms with E-state index in [-0.39, 0.29) is 24.2 Å². The lowest BCUT2D eigenvalue weighted by Gasteiger charge is -2.14. The number of pyridine rings is 1. The first-order chi connectivity index (χ1) is 14.2. The molecule has 0 spiro atoms. The predicted octanol–water partition coefficient (Wildman–Crippen LogP) is 3.77. The smallest absolute Gasteiger partial charge is 0.407 e. The normalized spacial score (nSPS) is 20.6. The monoisotopic (exact) mass is 435 g/mol. The Morgan fingerprint density at radius 1 is 1.30 bits per heavy atom. The molecule has 10 nitrogen and oxygen atoms in total. The third-order valence-corrected chi connectivity index (χ3v) is 6.43. The maximum Gasteiger partial charge on any atom is 0.407 e. The van der Waals surface area contributed by atoms with Crippen molar-refractivity contribution in [2.24, 2.45) is 0 Å². The topological polar surface area (TPSA) is 133 Å². The molecule has 2 aromatic rings. The van der Waals surface area contributed by atoms with Gasteiger partial charge in [0.05, 0.1) is 11.9 Å². The summed E-state index contributed by atoms with van der Waals surface area (Å²) >= 11 is 0. The van der Waals surface area contributed by atoms with Gasteiger partial charge in [-0.25, -0.2) is 9.78 Å². The Hall–Kier alpha value is -2.58. The molecule has 1 unspecified atom stereocenters. The first kappa shape index (κ1) is 22.1. The van der Waals surface area contributed by atoms with Gasteiger partial charge in [-0.1, -0.05) is 0 Å². The van der Waals surface area contributed by atoms with Gasteiger partial charge >= 0.3 is 6.09 Å². The second-order valence-corrected chi connectivity index (χ2v) is 10.4. The fourth-order valence-corrected chi connectivity index (χ4v) is 4.06. The summed E-state index contributed by atoms with van der Waals surface area (Å²) in [5, 5.41) is 19.0. The number of amides is 1. The average Bonchev–Trinajstić information content (AvgIpc) is 3.32. The number of aromatic nitrogens is 3. The highest BCUT2D eigenvalue weighted by molar-refractivity contribution is 7.62. The molecule has 0 aromatic carbocycles. The number of nitrogens with zero attached hydrogens (tertiary/aromatic N) is 2. The van der Waals surface area contributed by atoms with Crippen LogP contribution in [-0.2, 0) is 9.30 Å². The molecule has 2 aromatic heterocycles. The molecule has 11 heteroatoms. The highest BCUT2D eigenvalue weighted by Crippen LogP contribution is 2.37. The summed E-state index contributed by atoms with van der Waals surface area (Å²) in [6.45, 7) is 5.42. The van der Waals surface area contributed by atoms with Gasteiger partial charge in [0.1, 0.15) is 11.9 Å². The van der Waals surface area contributed by atoms with Crippen molar-refractivity contribution in [2.45, 2.75) is 51.2 Å². The summed E-state index contributed by atoms with van der Waals surface area (Å²) in [7, 11) is -0.976. The molecule has 1 amide bonds. The highest BCUT2D eigenvalue weighted by Gasteiger charge is 2.30. The van der Waals surface area contributed by atoms with E-state index in [1.165, 1.54) is 0 Å². The van der Waals surface area contributed by atoms with Gasteiger partial charge in [-0.05, 0) is 52.3 Å². The fourth-order valence-electron chi connectivity index (χ4n) is 3.33. The van der Waals surface area contributed by atoms with Gasteiger partial charge < -0.3 is 20.5 Å². The number of carbonyl (C=O) groups excluding carboxylic acids is 1. The Bertz CT molecular complexity index is 900. The van der Waals surface area contributed by atoms with Crippen molar-refractivity contribution in [1.29, 1.82) is 0 Å². The predicted molar refractivity (Wildman–Crippen MR) is 117 cm³/mol. The highest BCUT2D eigenvalue weighted by atomic mass is 31.2. The first-order valence-corrected chi connectivity index (χ1v) is 12.2. The van der Waals surface area contributed by atoms with Crippen molar-refractivity contribution < 1.29 is 14.1 Å². The van der Waals surface area contributed by atoms with Crippen LogP contribution in [0, 0.1) is 0 Å². The molecule has 3 atom stereocenters. The minimum Gasteiger partial charge on any atom is -0.446 e. The van der Waals surface area contributed by atoms with Crippen molar-refractivity contribution in [3.63, 3.8) is 0 Å². The molecule has 0 aliphatic heterocycles. The van der Waals surface area contributed by atoms with Gasteiger partial charge in [0.2, 0.25) is 7.44 Å². The number of ether oxygens (including phenoxy) is 1. The molecule has 5 N–H and O–H groups in total. The molecule has 1 saturated carbocycles. The number of hydrogen-bond acceptors (Lipinski definition) is 6. The SMILES string of the molecule is CNP(C)(=O)Nc1ccc(Nc2cc([C@H]3CC[C@@H](OC(=O)NC(C)C)C3)[nH]n2)nc1. The van der Waals surface area contributed by atoms with Crippen LogP contribution in [0.15, 0.2) is 24.4 Å². The van der Waals surface area contributed by atoms with Crippen LogP contribution in [-0.4, -0.2) is 47.1 Å². The molecule has 0 bridgehead atoms. The van der Waals surface area contributed by atoms with Crippen LogP contribution in [0.5, 0.6) is 0 Å². The van der Waals surface area contributed by atoms with Crippen molar-refractivity contribution >= 4 is 30.9 Å². The lowest BCUT2D eigenvalue weighted by molar-refractivity contribution is 0.0981. The largest absolute Gasteiger partial charge is 0.446 e. The number of carbonyl (C=O) groups is 1. The van der Waals surface area contributed by atoms with Crippen LogP contribution in [0.25, 0.3) is 0 Å². The standard InChI is InChI=1S/C19H30N7O3P/c1-12(2)22-19(27)29-15-7-5-13(9-15)16-10-18(25-24-16)23-17-8-6-14(11-21-17)26-30(4,28)20-3/h6,8,10-13,15H,5,7,9H2,1-4H3,(H,22,27)(H2,20,26,28)(H2,21,23,24,25)/t13-,15+,30?/m0/s1. The second kappa shape index (κ2) is 9.49. The first-order valence-electron chi connectivity index (χ1n) is 10.0. The van der Waals surface area contributed by atoms with Gasteiger partial charge in [0, 0.05) is 30.4 Å². The molecule has 1 fully saturated rings. The zero-order valence-corrected chi connectivity index (χ0v) is 18.6. The Morgan fingerprint density at radius 2 is 2.10 bits per heavy atom. The molecular weight excluding hydrogens is 405 g/mol. The summed E-state index contributed by atoms with van der Waals surface area (Å²) in [4.78, 5) is 16.1. The lowest BCUT2D eigenvalue weighted by Crippen LogP contribution is -2.33. The summed E-state index contributed by atoms with van der Waals surface area (Å²) in [6.07, 6.45) is 3.71. The molecule has 0 radical (unpaired) electrons. The Labute approximate surface area is 176 Å². The number of aromatic amines is 1. The molecule has 2 heterocycles. The minimum absolute atomic E-state index is 0.0594. The number of nitrogens with one attached hydrogen (secondary N) is 5. The molecular formula is C19H30N7O3P. The van der Waals surface area contributed by atoms with Crippen LogP contribution in [0.1, 0.15) is 44.7 Å². The molecule has 30 heavy (non-hydrogen) atoms. The van der Waals surface area contributed by atoms with Crippen molar-refractivity contribution in [2.75, 3.05) is 24.1 Å². The van der Waals surface area contributed by atoms with Crippen molar-refractivity contribution in [1.82, 2.24) is 25.6 Å². The van der Waals surface area contributed by atoms with Crippen LogP contribution >= 0.6 is 7.44 Å². The van der Waals surface area contributed by atoms with E-state index in [9.17, 15) is 9.36 Å². The van der Waals surface area contributed by atoms with Gasteiger partial charge in [-0.3, -0.25) is 14.8 Å². The summed E-state index contributed by atoms with van der Waals surface area (Å²) in [5.41, 5.74) is 1.68. The molecule has 164 valence electrons. The molecule has 1 aliphatic rings. The van der Waals surface area contributed by atoms with E-state index in [0.717, 1.165) is 25.0 Å². The number of alkyl carbamates (subject to hydrolysis) is 1. The summed E-state index contributed by atoms with van der Waals surface area (Å²) in [5.74, 6) is 1.56. The molecule has 0 saturated heterocycles. The van der Waals surface area contributed by atoms with Crippen LogP contribution in [0.3, 0.4) is 0 Å². The van der Waals surface area contributed by atoms with Gasteiger partial charge in [-0.2, -0.15) is 5.10 Å². The Balaban J connectivity index is 1.53. The van der Waals surface area contributed by atoms with Gasteiger partial charge in [0.25, 0.3) is 0 Å². The van der Waals surface area contributed by atoms with E-state index in [1.807, 2.05) is 19.9 Å². The molecule has 3 rings (SSSR count). The van der Waals surface area contributed by atoms with Crippen molar-refractivity contribution in [3.8, 4) is 0 Å². The number of H-pyrrole nitrogens is 1. The fraction of sp³-hybridized carbons (Fsp3) is 0.526. The van der Waals surface area contributed by atoms with Crippen LogP contribution in [0.4, 0.5) is 22.1 Å². The Morgan fingerprint density at radius 3 is 2.77 bits per heavy atom. The van der Waals surface area contributed by atoms with E-state index in [1.54, 1.807) is 32.0 Å². The zero-order valence-electron chi connectivity index (χ0n) is 17.7.